The lowest BCUT2D eigenvalue weighted by molar-refractivity contribution is -0.384. The minimum atomic E-state index is -0.471. The molecule has 0 aliphatic heterocycles. The van der Waals surface area contributed by atoms with E-state index in [1.165, 1.54) is 12.3 Å². The van der Waals surface area contributed by atoms with Crippen molar-refractivity contribution in [2.24, 2.45) is 7.05 Å². The fourth-order valence-electron chi connectivity index (χ4n) is 2.81. The first-order valence-corrected chi connectivity index (χ1v) is 8.93. The van der Waals surface area contributed by atoms with Gasteiger partial charge in [-0.15, -0.1) is 0 Å². The molecule has 0 N–H and O–H groups in total. The topological polar surface area (TPSA) is 81.3 Å². The molecule has 3 aromatic rings. The molecular weight excluding hydrogens is 412 g/mol. The molecule has 0 atom stereocenters. The molecule has 1 heterocycles. The maximum atomic E-state index is 12.6. The van der Waals surface area contributed by atoms with Gasteiger partial charge in [0.1, 0.15) is 5.69 Å². The Morgan fingerprint density at radius 1 is 1.30 bits per heavy atom. The van der Waals surface area contributed by atoms with Gasteiger partial charge in [0.25, 0.3) is 5.69 Å². The summed E-state index contributed by atoms with van der Waals surface area (Å²) in [5.41, 5.74) is 1.55. The third-order valence-corrected chi connectivity index (χ3v) is 5.01. The Morgan fingerprint density at radius 2 is 2.04 bits per heavy atom. The largest absolute Gasteiger partial charge is 0.365 e. The SMILES string of the molecule is CN(Cc1ccccc1Br)c1ccc(C(=O)c2nccn2C)cc1[N+](=O)[O-]. The fourth-order valence-corrected chi connectivity index (χ4v) is 3.22. The molecule has 0 amide bonds. The van der Waals surface area contributed by atoms with Crippen LogP contribution in [0.25, 0.3) is 0 Å². The number of ketones is 1. The van der Waals surface area contributed by atoms with Crippen LogP contribution in [0.15, 0.2) is 59.3 Å². The number of aryl methyl sites for hydroxylation is 1. The van der Waals surface area contributed by atoms with Crippen LogP contribution in [0.2, 0.25) is 0 Å². The van der Waals surface area contributed by atoms with Gasteiger partial charge in [0.15, 0.2) is 5.82 Å². The monoisotopic (exact) mass is 428 g/mol. The van der Waals surface area contributed by atoms with E-state index in [4.69, 9.17) is 0 Å². The quantitative estimate of drug-likeness (QED) is 0.337. The molecule has 3 rings (SSSR count). The third kappa shape index (κ3) is 3.90. The minimum absolute atomic E-state index is 0.121. The maximum absolute atomic E-state index is 12.6. The maximum Gasteiger partial charge on any atom is 0.293 e. The van der Waals surface area contributed by atoms with Gasteiger partial charge in [-0.2, -0.15) is 0 Å². The van der Waals surface area contributed by atoms with Gasteiger partial charge in [0, 0.05) is 49.1 Å². The molecule has 0 saturated carbocycles. The molecule has 1 aromatic heterocycles. The number of carbonyl (C=O) groups excluding carboxylic acids is 1. The lowest BCUT2D eigenvalue weighted by Gasteiger charge is -2.20. The van der Waals surface area contributed by atoms with E-state index in [0.29, 0.717) is 12.2 Å². The van der Waals surface area contributed by atoms with E-state index >= 15 is 0 Å². The van der Waals surface area contributed by atoms with Gasteiger partial charge in [-0.05, 0) is 23.8 Å². The highest BCUT2D eigenvalue weighted by Crippen LogP contribution is 2.31. The highest BCUT2D eigenvalue weighted by atomic mass is 79.9. The van der Waals surface area contributed by atoms with Crippen LogP contribution in [-0.4, -0.2) is 27.3 Å². The smallest absolute Gasteiger partial charge is 0.293 e. The normalized spacial score (nSPS) is 10.6. The molecule has 27 heavy (non-hydrogen) atoms. The number of hydrogen-bond donors (Lipinski definition) is 0. The summed E-state index contributed by atoms with van der Waals surface area (Å²) >= 11 is 3.49. The Hall–Kier alpha value is -3.00. The van der Waals surface area contributed by atoms with Crippen LogP contribution in [0.5, 0.6) is 0 Å². The van der Waals surface area contributed by atoms with Crippen molar-refractivity contribution >= 4 is 33.1 Å². The molecule has 0 fully saturated rings. The Labute approximate surface area is 164 Å². The summed E-state index contributed by atoms with van der Waals surface area (Å²) in [6.07, 6.45) is 3.17. The van der Waals surface area contributed by atoms with E-state index in [1.54, 1.807) is 41.9 Å². The first kappa shape index (κ1) is 18.8. The van der Waals surface area contributed by atoms with Crippen LogP contribution in [-0.2, 0) is 13.6 Å². The summed E-state index contributed by atoms with van der Waals surface area (Å²) in [6, 6.07) is 12.2. The van der Waals surface area contributed by atoms with Crippen molar-refractivity contribution in [3.8, 4) is 0 Å². The van der Waals surface area contributed by atoms with Crippen LogP contribution in [0.4, 0.5) is 11.4 Å². The van der Waals surface area contributed by atoms with Crippen molar-refractivity contribution in [3.63, 3.8) is 0 Å². The van der Waals surface area contributed by atoms with Crippen LogP contribution in [0, 0.1) is 10.1 Å². The zero-order valence-electron chi connectivity index (χ0n) is 14.8. The highest BCUT2D eigenvalue weighted by Gasteiger charge is 2.22. The first-order valence-electron chi connectivity index (χ1n) is 8.13. The van der Waals surface area contributed by atoms with Crippen LogP contribution < -0.4 is 4.90 Å². The van der Waals surface area contributed by atoms with Crippen molar-refractivity contribution in [1.29, 1.82) is 0 Å². The van der Waals surface area contributed by atoms with Gasteiger partial charge in [-0.1, -0.05) is 34.1 Å². The number of halogens is 1. The zero-order chi connectivity index (χ0) is 19.6. The van der Waals surface area contributed by atoms with E-state index in [9.17, 15) is 14.9 Å². The van der Waals surface area contributed by atoms with E-state index in [1.807, 2.05) is 24.3 Å². The molecular formula is C19H17BrN4O3. The lowest BCUT2D eigenvalue weighted by Crippen LogP contribution is -2.18. The number of nitro benzene ring substituents is 1. The number of nitro groups is 1. The zero-order valence-corrected chi connectivity index (χ0v) is 16.4. The summed E-state index contributed by atoms with van der Waals surface area (Å²) in [6.45, 7) is 0.481. The van der Waals surface area contributed by atoms with Gasteiger partial charge in [0.05, 0.1) is 4.92 Å². The van der Waals surface area contributed by atoms with Crippen LogP contribution >= 0.6 is 15.9 Å². The number of nitrogens with zero attached hydrogens (tertiary/aromatic N) is 4. The number of rotatable bonds is 6. The van der Waals surface area contributed by atoms with Crippen LogP contribution in [0.1, 0.15) is 21.7 Å². The molecule has 2 aromatic carbocycles. The van der Waals surface area contributed by atoms with Gasteiger partial charge in [-0.3, -0.25) is 14.9 Å². The number of imidazole rings is 1. The number of hydrogen-bond acceptors (Lipinski definition) is 5. The van der Waals surface area contributed by atoms with Gasteiger partial charge >= 0.3 is 0 Å². The second-order valence-corrected chi connectivity index (χ2v) is 6.95. The van der Waals surface area contributed by atoms with Crippen molar-refractivity contribution in [2.75, 3.05) is 11.9 Å². The summed E-state index contributed by atoms with van der Waals surface area (Å²) in [5.74, 6) is -0.121. The Morgan fingerprint density at radius 3 is 2.67 bits per heavy atom. The van der Waals surface area contributed by atoms with E-state index in [2.05, 4.69) is 20.9 Å². The fraction of sp³-hybridized carbons (Fsp3) is 0.158. The summed E-state index contributed by atoms with van der Waals surface area (Å²) in [4.78, 5) is 29.5. The number of anilines is 1. The molecule has 0 aliphatic carbocycles. The molecule has 138 valence electrons. The standard InChI is InChI=1S/C19H17BrN4O3/c1-22-10-9-21-19(22)18(25)13-7-8-16(17(11-13)24(26)27)23(2)12-14-5-3-4-6-15(14)20/h3-11H,12H2,1-2H3. The number of benzene rings is 2. The first-order chi connectivity index (χ1) is 12.9. The Kier molecular flexibility index (Phi) is 5.36. The van der Waals surface area contributed by atoms with Crippen LogP contribution in [0.3, 0.4) is 0 Å². The van der Waals surface area contributed by atoms with Gasteiger partial charge in [-0.25, -0.2) is 4.98 Å². The minimum Gasteiger partial charge on any atom is -0.365 e. The number of carbonyl (C=O) groups is 1. The highest BCUT2D eigenvalue weighted by molar-refractivity contribution is 9.10. The molecule has 0 saturated heterocycles. The lowest BCUT2D eigenvalue weighted by atomic mass is 10.1. The molecule has 8 heteroatoms. The average molecular weight is 429 g/mol. The second-order valence-electron chi connectivity index (χ2n) is 6.10. The van der Waals surface area contributed by atoms with E-state index in [0.717, 1.165) is 10.0 Å². The van der Waals surface area contributed by atoms with Crippen molar-refractivity contribution in [1.82, 2.24) is 9.55 Å². The molecule has 0 unspecified atom stereocenters. The third-order valence-electron chi connectivity index (χ3n) is 4.24. The molecule has 0 radical (unpaired) electrons. The summed E-state index contributed by atoms with van der Waals surface area (Å²) in [7, 11) is 3.48. The molecule has 0 aliphatic rings. The molecule has 0 bridgehead atoms. The van der Waals surface area contributed by atoms with Crippen molar-refractivity contribution < 1.29 is 9.72 Å². The van der Waals surface area contributed by atoms with E-state index < -0.39 is 4.92 Å². The number of aromatic nitrogens is 2. The van der Waals surface area contributed by atoms with Gasteiger partial charge < -0.3 is 9.47 Å². The second kappa shape index (κ2) is 7.71. The average Bonchev–Trinajstić information content (AvgIpc) is 3.08. The van der Waals surface area contributed by atoms with E-state index in [-0.39, 0.29) is 22.9 Å². The summed E-state index contributed by atoms with van der Waals surface area (Å²) < 4.78 is 2.52. The van der Waals surface area contributed by atoms with Crippen molar-refractivity contribution in [2.45, 2.75) is 6.54 Å². The predicted octanol–water partition coefficient (Wildman–Crippen LogP) is 3.96. The van der Waals surface area contributed by atoms with Gasteiger partial charge in [0.2, 0.25) is 5.78 Å². The summed E-state index contributed by atoms with van der Waals surface area (Å²) in [5, 5.41) is 11.6. The Balaban J connectivity index is 1.94. The predicted molar refractivity (Wildman–Crippen MR) is 106 cm³/mol. The molecule has 0 spiro atoms. The Bertz CT molecular complexity index is 1020. The van der Waals surface area contributed by atoms with Crippen molar-refractivity contribution in [3.05, 3.63) is 86.4 Å². The molecule has 7 nitrogen and oxygen atoms in total.